The Kier molecular flexibility index (Phi) is 12.4. The fourth-order valence-electron chi connectivity index (χ4n) is 3.03. The highest BCUT2D eigenvalue weighted by Crippen LogP contribution is 2.19. The van der Waals surface area contributed by atoms with Crippen molar-refractivity contribution in [3.05, 3.63) is 60.4 Å². The molecule has 37 heavy (non-hydrogen) atoms. The van der Waals surface area contributed by atoms with Gasteiger partial charge in [0.25, 0.3) is 0 Å². The number of aromatic nitrogens is 1. The van der Waals surface area contributed by atoms with E-state index in [-0.39, 0.29) is 5.91 Å². The number of para-hydroxylation sites is 1. The molecule has 1 amide bonds. The summed E-state index contributed by atoms with van der Waals surface area (Å²) in [5.74, 6) is -5.36. The van der Waals surface area contributed by atoms with Crippen LogP contribution in [0.5, 0.6) is 0 Å². The van der Waals surface area contributed by atoms with Gasteiger partial charge in [0, 0.05) is 43.6 Å². The largest absolute Gasteiger partial charge is 0.490 e. The molecule has 0 unspecified atom stereocenters. The highest BCUT2D eigenvalue weighted by atomic mass is 19.4. The number of rotatable bonds is 5. The third kappa shape index (κ3) is 13.2. The van der Waals surface area contributed by atoms with E-state index in [0.717, 1.165) is 37.9 Å². The van der Waals surface area contributed by atoms with E-state index in [1.54, 1.807) is 12.4 Å². The van der Waals surface area contributed by atoms with Crippen molar-refractivity contribution in [2.24, 2.45) is 0 Å². The minimum atomic E-state index is -5.08. The molecule has 1 aliphatic heterocycles. The molecule has 204 valence electrons. The summed E-state index contributed by atoms with van der Waals surface area (Å²) in [6.07, 6.45) is -3.29. The van der Waals surface area contributed by atoms with Crippen LogP contribution in [-0.4, -0.2) is 64.5 Å². The summed E-state index contributed by atoms with van der Waals surface area (Å²) in [7, 11) is 0. The summed E-state index contributed by atoms with van der Waals surface area (Å²) in [5, 5.41) is 17.4. The number of amides is 1. The van der Waals surface area contributed by atoms with E-state index in [9.17, 15) is 31.1 Å². The number of aliphatic carboxylic acids is 2. The molecule has 2 heterocycles. The number of aryl methyl sites for hydroxylation is 1. The molecule has 1 fully saturated rings. The van der Waals surface area contributed by atoms with Crippen molar-refractivity contribution >= 4 is 23.5 Å². The molecular weight excluding hydrogens is 512 g/mol. The molecule has 1 aliphatic rings. The number of halogens is 6. The monoisotopic (exact) mass is 537 g/mol. The number of carbonyl (C=O) groups excluding carboxylic acids is 1. The molecule has 3 rings (SSSR count). The minimum Gasteiger partial charge on any atom is -0.475 e. The fourth-order valence-corrected chi connectivity index (χ4v) is 3.03. The van der Waals surface area contributed by atoms with Crippen molar-refractivity contribution < 1.29 is 50.9 Å². The van der Waals surface area contributed by atoms with Crippen LogP contribution < -0.4 is 10.2 Å². The van der Waals surface area contributed by atoms with Gasteiger partial charge in [-0.2, -0.15) is 26.3 Å². The molecule has 0 aliphatic carbocycles. The summed E-state index contributed by atoms with van der Waals surface area (Å²) in [6, 6.07) is 14.7. The van der Waals surface area contributed by atoms with E-state index in [0.29, 0.717) is 12.5 Å². The number of alkyl halides is 6. The van der Waals surface area contributed by atoms with Crippen molar-refractivity contribution in [1.29, 1.82) is 0 Å². The Labute approximate surface area is 207 Å². The molecule has 1 aromatic carbocycles. The van der Waals surface area contributed by atoms with Crippen LogP contribution in [0.1, 0.15) is 24.8 Å². The smallest absolute Gasteiger partial charge is 0.475 e. The van der Waals surface area contributed by atoms with E-state index in [4.69, 9.17) is 19.8 Å². The highest BCUT2D eigenvalue weighted by molar-refractivity contribution is 5.76. The van der Waals surface area contributed by atoms with E-state index in [1.165, 1.54) is 5.69 Å². The number of anilines is 1. The number of nitrogens with one attached hydrogen (secondary N) is 1. The summed E-state index contributed by atoms with van der Waals surface area (Å²) >= 11 is 0. The lowest BCUT2D eigenvalue weighted by atomic mass is 10.0. The highest BCUT2D eigenvalue weighted by Gasteiger charge is 2.38. The molecule has 0 radical (unpaired) electrons. The Morgan fingerprint density at radius 2 is 1.32 bits per heavy atom. The predicted molar refractivity (Wildman–Crippen MR) is 120 cm³/mol. The number of nitrogens with zero attached hydrogens (tertiary/aromatic N) is 2. The number of hydrogen-bond acceptors (Lipinski definition) is 5. The van der Waals surface area contributed by atoms with Gasteiger partial charge in [0.05, 0.1) is 0 Å². The average molecular weight is 537 g/mol. The van der Waals surface area contributed by atoms with Gasteiger partial charge in [0.15, 0.2) is 0 Å². The number of benzene rings is 1. The molecular formula is C23H25F6N3O5. The third-order valence-electron chi connectivity index (χ3n) is 4.86. The predicted octanol–water partition coefficient (Wildman–Crippen LogP) is 4.07. The summed E-state index contributed by atoms with van der Waals surface area (Å²) < 4.78 is 63.5. The van der Waals surface area contributed by atoms with Gasteiger partial charge >= 0.3 is 24.3 Å². The Morgan fingerprint density at radius 3 is 1.76 bits per heavy atom. The number of hydrogen-bond donors (Lipinski definition) is 3. The molecule has 2 aromatic rings. The first-order valence-corrected chi connectivity index (χ1v) is 10.8. The van der Waals surface area contributed by atoms with Gasteiger partial charge in [0.2, 0.25) is 5.91 Å². The minimum absolute atomic E-state index is 0.153. The SMILES string of the molecule is O=C(CCc1ccncc1)NC1CCN(c2ccccc2)CC1.O=C(O)C(F)(F)F.O=C(O)C(F)(F)F. The van der Waals surface area contributed by atoms with Gasteiger partial charge < -0.3 is 20.4 Å². The Morgan fingerprint density at radius 1 is 0.865 bits per heavy atom. The normalized spacial score (nSPS) is 13.8. The van der Waals surface area contributed by atoms with Gasteiger partial charge in [-0.1, -0.05) is 18.2 Å². The van der Waals surface area contributed by atoms with Gasteiger partial charge in [-0.3, -0.25) is 9.78 Å². The Hall–Kier alpha value is -3.84. The van der Waals surface area contributed by atoms with E-state index in [2.05, 4.69) is 39.5 Å². The number of carboxylic acid groups (broad SMARTS) is 2. The maximum Gasteiger partial charge on any atom is 0.490 e. The van der Waals surface area contributed by atoms with Gasteiger partial charge in [-0.25, -0.2) is 9.59 Å². The van der Waals surface area contributed by atoms with Gasteiger partial charge in [-0.15, -0.1) is 0 Å². The molecule has 1 saturated heterocycles. The van der Waals surface area contributed by atoms with Crippen LogP contribution >= 0.6 is 0 Å². The van der Waals surface area contributed by atoms with Crippen LogP contribution in [0.3, 0.4) is 0 Å². The second-order valence-electron chi connectivity index (χ2n) is 7.63. The Balaban J connectivity index is 0.000000404. The van der Waals surface area contributed by atoms with Gasteiger partial charge in [-0.05, 0) is 49.1 Å². The van der Waals surface area contributed by atoms with Crippen molar-refractivity contribution in [1.82, 2.24) is 10.3 Å². The summed E-state index contributed by atoms with van der Waals surface area (Å²) in [4.78, 5) is 36.3. The zero-order valence-electron chi connectivity index (χ0n) is 19.3. The second kappa shape index (κ2) is 14.7. The van der Waals surface area contributed by atoms with Crippen LogP contribution in [0.4, 0.5) is 32.0 Å². The number of pyridine rings is 1. The standard InChI is InChI=1S/C19H23N3O.2C2HF3O2/c23-19(7-6-16-8-12-20-13-9-16)21-17-10-14-22(15-11-17)18-4-2-1-3-5-18;2*3-2(4,5)1(6)7/h1-5,8-9,12-13,17H,6-7,10-11,14-15H2,(H,21,23);2*(H,6,7). The van der Waals surface area contributed by atoms with Crippen molar-refractivity contribution in [3.8, 4) is 0 Å². The van der Waals surface area contributed by atoms with E-state index in [1.807, 2.05) is 18.2 Å². The van der Waals surface area contributed by atoms with Crippen molar-refractivity contribution in [3.63, 3.8) is 0 Å². The number of piperidine rings is 1. The average Bonchev–Trinajstić information content (AvgIpc) is 2.84. The summed E-state index contributed by atoms with van der Waals surface area (Å²) in [6.45, 7) is 2.00. The second-order valence-corrected chi connectivity index (χ2v) is 7.63. The molecule has 0 spiro atoms. The maximum atomic E-state index is 12.1. The maximum absolute atomic E-state index is 12.1. The molecule has 3 N–H and O–H groups in total. The van der Waals surface area contributed by atoms with E-state index >= 15 is 0 Å². The van der Waals surface area contributed by atoms with E-state index < -0.39 is 24.3 Å². The van der Waals surface area contributed by atoms with Crippen LogP contribution in [0.15, 0.2) is 54.9 Å². The molecule has 0 bridgehead atoms. The quantitative estimate of drug-likeness (QED) is 0.492. The lowest BCUT2D eigenvalue weighted by Gasteiger charge is -2.34. The van der Waals surface area contributed by atoms with Gasteiger partial charge in [0.1, 0.15) is 0 Å². The third-order valence-corrected chi connectivity index (χ3v) is 4.86. The molecule has 8 nitrogen and oxygen atoms in total. The first-order chi connectivity index (χ1) is 17.2. The molecule has 14 heteroatoms. The van der Waals surface area contributed by atoms with Crippen LogP contribution in [0.25, 0.3) is 0 Å². The summed E-state index contributed by atoms with van der Waals surface area (Å²) in [5.41, 5.74) is 2.43. The van der Waals surface area contributed by atoms with Crippen LogP contribution in [0, 0.1) is 0 Å². The lowest BCUT2D eigenvalue weighted by Crippen LogP contribution is -2.44. The van der Waals surface area contributed by atoms with Crippen LogP contribution in [0.2, 0.25) is 0 Å². The first kappa shape index (κ1) is 31.2. The van der Waals surface area contributed by atoms with Crippen molar-refractivity contribution in [2.45, 2.75) is 44.1 Å². The fraction of sp³-hybridized carbons (Fsp3) is 0.391. The number of carboxylic acids is 2. The first-order valence-electron chi connectivity index (χ1n) is 10.8. The lowest BCUT2D eigenvalue weighted by molar-refractivity contribution is -0.193. The number of carbonyl (C=O) groups is 3. The zero-order valence-corrected chi connectivity index (χ0v) is 19.3. The molecule has 0 saturated carbocycles. The van der Waals surface area contributed by atoms with Crippen molar-refractivity contribution in [2.75, 3.05) is 18.0 Å². The molecule has 1 aromatic heterocycles. The van der Waals surface area contributed by atoms with Crippen LogP contribution in [-0.2, 0) is 20.8 Å². The topological polar surface area (TPSA) is 120 Å². The zero-order chi connectivity index (χ0) is 28.1. The molecule has 0 atom stereocenters. The Bertz CT molecular complexity index is 956.